The Bertz CT molecular complexity index is 396. The number of nitrogens with zero attached hydrogens (tertiary/aromatic N) is 3. The van der Waals surface area contributed by atoms with E-state index in [4.69, 9.17) is 11.5 Å². The predicted octanol–water partition coefficient (Wildman–Crippen LogP) is 1.07. The Morgan fingerprint density at radius 2 is 1.79 bits per heavy atom. The normalized spacial score (nSPS) is 26.6. The monoisotopic (exact) mass is 305 g/mol. The molecule has 2 atom stereocenters. The first-order chi connectivity index (χ1) is 8.22. The summed E-state index contributed by atoms with van der Waals surface area (Å²) in [6.07, 6.45) is 6.35. The smallest absolute Gasteiger partial charge is 0.219 e. The molecule has 0 aromatic carbocycles. The standard InChI is InChI=1S/C12H19N5.2ClH/c13-11-7-17(6-10(11)9-1-2-9)5-8-3-15-12(14)16-4-8;;/h3-4,9-11H,1-2,5-7,13H2,(H2,14,15,16);2*1H/t10-,11+;;/m1../s1. The van der Waals surface area contributed by atoms with Crippen LogP contribution in [0.5, 0.6) is 0 Å². The molecule has 108 valence electrons. The lowest BCUT2D eigenvalue weighted by Gasteiger charge is -2.15. The van der Waals surface area contributed by atoms with E-state index in [1.54, 1.807) is 12.4 Å². The number of hydrogen-bond acceptors (Lipinski definition) is 5. The van der Waals surface area contributed by atoms with Gasteiger partial charge in [-0.15, -0.1) is 24.8 Å². The zero-order chi connectivity index (χ0) is 11.8. The molecule has 7 heteroatoms. The third-order valence-corrected chi connectivity index (χ3v) is 3.85. The van der Waals surface area contributed by atoms with Crippen LogP contribution in [0.1, 0.15) is 18.4 Å². The van der Waals surface area contributed by atoms with Gasteiger partial charge in [-0.2, -0.15) is 0 Å². The number of likely N-dealkylation sites (tertiary alicyclic amines) is 1. The van der Waals surface area contributed by atoms with E-state index in [1.165, 1.54) is 12.8 Å². The molecule has 0 radical (unpaired) electrons. The van der Waals surface area contributed by atoms with Crippen LogP contribution in [0.25, 0.3) is 0 Å². The highest BCUT2D eigenvalue weighted by Gasteiger charge is 2.40. The van der Waals surface area contributed by atoms with E-state index in [-0.39, 0.29) is 24.8 Å². The summed E-state index contributed by atoms with van der Waals surface area (Å²) in [7, 11) is 0. The van der Waals surface area contributed by atoms with Crippen LogP contribution in [-0.2, 0) is 6.54 Å². The summed E-state index contributed by atoms with van der Waals surface area (Å²) in [5, 5.41) is 0. The van der Waals surface area contributed by atoms with Crippen LogP contribution in [0.2, 0.25) is 0 Å². The molecule has 2 aliphatic rings. The van der Waals surface area contributed by atoms with Gasteiger partial charge in [0.2, 0.25) is 5.95 Å². The lowest BCUT2D eigenvalue weighted by atomic mass is 9.99. The maximum Gasteiger partial charge on any atom is 0.219 e. The van der Waals surface area contributed by atoms with Gasteiger partial charge in [-0.3, -0.25) is 4.90 Å². The van der Waals surface area contributed by atoms with Gasteiger partial charge in [0.05, 0.1) is 0 Å². The molecule has 0 unspecified atom stereocenters. The molecule has 0 amide bonds. The Kier molecular flexibility index (Phi) is 5.80. The van der Waals surface area contributed by atoms with Crippen LogP contribution in [0.15, 0.2) is 12.4 Å². The second kappa shape index (κ2) is 6.70. The molecular formula is C12H21Cl2N5. The van der Waals surface area contributed by atoms with Gasteiger partial charge in [0.15, 0.2) is 0 Å². The molecule has 2 fully saturated rings. The van der Waals surface area contributed by atoms with Crippen molar-refractivity contribution < 1.29 is 0 Å². The molecule has 0 bridgehead atoms. The quantitative estimate of drug-likeness (QED) is 0.873. The summed E-state index contributed by atoms with van der Waals surface area (Å²) < 4.78 is 0. The SMILES string of the molecule is Cl.Cl.Nc1ncc(CN2C[C@H](C3CC3)[C@@H](N)C2)cn1. The summed E-state index contributed by atoms with van der Waals surface area (Å²) in [6.45, 7) is 3.00. The molecule has 1 aromatic rings. The lowest BCUT2D eigenvalue weighted by Crippen LogP contribution is -2.30. The van der Waals surface area contributed by atoms with Gasteiger partial charge in [-0.1, -0.05) is 0 Å². The van der Waals surface area contributed by atoms with E-state index in [2.05, 4.69) is 14.9 Å². The van der Waals surface area contributed by atoms with Crippen molar-refractivity contribution in [3.63, 3.8) is 0 Å². The number of anilines is 1. The van der Waals surface area contributed by atoms with Gasteiger partial charge in [-0.05, 0) is 24.7 Å². The molecule has 2 heterocycles. The van der Waals surface area contributed by atoms with Crippen LogP contribution in [-0.4, -0.2) is 34.0 Å². The van der Waals surface area contributed by atoms with Crippen LogP contribution in [0.3, 0.4) is 0 Å². The van der Waals surface area contributed by atoms with Gasteiger partial charge in [0.1, 0.15) is 0 Å². The highest BCUT2D eigenvalue weighted by atomic mass is 35.5. The molecule has 1 aliphatic heterocycles. The fourth-order valence-corrected chi connectivity index (χ4v) is 2.80. The minimum atomic E-state index is 0. The number of aromatic nitrogens is 2. The maximum absolute atomic E-state index is 6.20. The van der Waals surface area contributed by atoms with E-state index < -0.39 is 0 Å². The summed E-state index contributed by atoms with van der Waals surface area (Å²) in [6, 6.07) is 0.345. The Balaban J connectivity index is 0.000000902. The van der Waals surface area contributed by atoms with Crippen molar-refractivity contribution in [3.05, 3.63) is 18.0 Å². The largest absolute Gasteiger partial charge is 0.368 e. The average Bonchev–Trinajstić information content (AvgIpc) is 3.08. The number of rotatable bonds is 3. The van der Waals surface area contributed by atoms with Crippen LogP contribution in [0.4, 0.5) is 5.95 Å². The number of nitrogen functional groups attached to an aromatic ring is 1. The fraction of sp³-hybridized carbons (Fsp3) is 0.667. The molecule has 5 nitrogen and oxygen atoms in total. The molecule has 1 aliphatic carbocycles. The summed E-state index contributed by atoms with van der Waals surface area (Å²) in [5.41, 5.74) is 12.8. The second-order valence-electron chi connectivity index (χ2n) is 5.31. The molecule has 0 spiro atoms. The molecule has 3 rings (SSSR count). The van der Waals surface area contributed by atoms with E-state index in [1.807, 2.05) is 0 Å². The molecule has 1 saturated heterocycles. The fourth-order valence-electron chi connectivity index (χ4n) is 2.80. The zero-order valence-corrected chi connectivity index (χ0v) is 12.4. The Morgan fingerprint density at radius 3 is 2.37 bits per heavy atom. The topological polar surface area (TPSA) is 81.1 Å². The lowest BCUT2D eigenvalue weighted by molar-refractivity contribution is 0.309. The van der Waals surface area contributed by atoms with E-state index >= 15 is 0 Å². The van der Waals surface area contributed by atoms with Crippen molar-refractivity contribution >= 4 is 30.8 Å². The van der Waals surface area contributed by atoms with Crippen LogP contribution >= 0.6 is 24.8 Å². The molecule has 19 heavy (non-hydrogen) atoms. The van der Waals surface area contributed by atoms with Crippen molar-refractivity contribution in [2.75, 3.05) is 18.8 Å². The second-order valence-corrected chi connectivity index (χ2v) is 5.31. The van der Waals surface area contributed by atoms with Gasteiger partial charge in [0.25, 0.3) is 0 Å². The van der Waals surface area contributed by atoms with E-state index in [0.29, 0.717) is 17.9 Å². The first-order valence-corrected chi connectivity index (χ1v) is 6.26. The average molecular weight is 306 g/mol. The van der Waals surface area contributed by atoms with Gasteiger partial charge >= 0.3 is 0 Å². The van der Waals surface area contributed by atoms with Crippen molar-refractivity contribution in [3.8, 4) is 0 Å². The Hall–Kier alpha value is -0.620. The maximum atomic E-state index is 6.20. The third-order valence-electron chi connectivity index (χ3n) is 3.85. The van der Waals surface area contributed by atoms with Crippen LogP contribution in [0, 0.1) is 11.8 Å². The Labute approximate surface area is 126 Å². The Morgan fingerprint density at radius 1 is 1.16 bits per heavy atom. The van der Waals surface area contributed by atoms with Gasteiger partial charge in [0, 0.05) is 43.6 Å². The zero-order valence-electron chi connectivity index (χ0n) is 10.7. The van der Waals surface area contributed by atoms with Crippen molar-refractivity contribution in [1.29, 1.82) is 0 Å². The third kappa shape index (κ3) is 3.92. The van der Waals surface area contributed by atoms with Crippen molar-refractivity contribution in [1.82, 2.24) is 14.9 Å². The first-order valence-electron chi connectivity index (χ1n) is 6.26. The van der Waals surface area contributed by atoms with E-state index in [9.17, 15) is 0 Å². The number of hydrogen-bond donors (Lipinski definition) is 2. The van der Waals surface area contributed by atoms with Gasteiger partial charge in [-0.25, -0.2) is 9.97 Å². The molecule has 1 aromatic heterocycles. The van der Waals surface area contributed by atoms with Crippen molar-refractivity contribution in [2.45, 2.75) is 25.4 Å². The van der Waals surface area contributed by atoms with Crippen LogP contribution < -0.4 is 11.5 Å². The minimum absolute atomic E-state index is 0. The number of nitrogens with two attached hydrogens (primary N) is 2. The molecule has 4 N–H and O–H groups in total. The molecule has 1 saturated carbocycles. The highest BCUT2D eigenvalue weighted by molar-refractivity contribution is 5.85. The summed E-state index contributed by atoms with van der Waals surface area (Å²) in [5.74, 6) is 1.92. The minimum Gasteiger partial charge on any atom is -0.368 e. The summed E-state index contributed by atoms with van der Waals surface area (Å²) >= 11 is 0. The molecular weight excluding hydrogens is 285 g/mol. The van der Waals surface area contributed by atoms with Gasteiger partial charge < -0.3 is 11.5 Å². The van der Waals surface area contributed by atoms with E-state index in [0.717, 1.165) is 31.1 Å². The summed E-state index contributed by atoms with van der Waals surface area (Å²) in [4.78, 5) is 10.4. The number of halogens is 2. The van der Waals surface area contributed by atoms with Crippen molar-refractivity contribution in [2.24, 2.45) is 17.6 Å². The predicted molar refractivity (Wildman–Crippen MR) is 80.4 cm³/mol. The first kappa shape index (κ1) is 16.4. The highest BCUT2D eigenvalue weighted by Crippen LogP contribution is 2.41.